The van der Waals surface area contributed by atoms with E-state index in [-0.39, 0.29) is 0 Å². The molecule has 8 heteroatoms. The van der Waals surface area contributed by atoms with Crippen molar-refractivity contribution in [3.05, 3.63) is 24.4 Å². The van der Waals surface area contributed by atoms with Crippen LogP contribution in [0.3, 0.4) is 0 Å². The maximum absolute atomic E-state index is 11.8. The Morgan fingerprint density at radius 2 is 2.00 bits per heavy atom. The first kappa shape index (κ1) is 15.8. The topological polar surface area (TPSA) is 76.1 Å². The highest BCUT2D eigenvalue weighted by Gasteiger charge is 2.32. The normalized spacial score (nSPS) is 12.4. The number of anilines is 1. The predicted octanol–water partition coefficient (Wildman–Crippen LogP) is 1.86. The molecule has 114 valence electrons. The molecule has 0 aliphatic carbocycles. The maximum Gasteiger partial charge on any atom is 0.208 e. The fourth-order valence-electron chi connectivity index (χ4n) is 1.72. The average Bonchev–Trinajstić information content (AvgIpc) is 2.87. The van der Waals surface area contributed by atoms with Gasteiger partial charge in [0.15, 0.2) is 14.8 Å². The van der Waals surface area contributed by atoms with Crippen LogP contribution in [0.4, 0.5) is 5.13 Å². The number of pyridine rings is 1. The molecule has 0 aliphatic heterocycles. The standard InChI is InChI=1S/C13H18N4O2S2/c1-13(2,21(4,18)19)9-17(3)12-16-15-11(20-12)10-7-5-6-8-14-10/h5-8H,9H2,1-4H3. The van der Waals surface area contributed by atoms with E-state index in [2.05, 4.69) is 15.2 Å². The van der Waals surface area contributed by atoms with E-state index in [1.165, 1.54) is 17.6 Å². The molecule has 2 heterocycles. The van der Waals surface area contributed by atoms with Crippen LogP contribution in [-0.4, -0.2) is 48.2 Å². The first-order chi connectivity index (χ1) is 9.71. The lowest BCUT2D eigenvalue weighted by atomic mass is 10.2. The summed E-state index contributed by atoms with van der Waals surface area (Å²) in [7, 11) is -1.33. The van der Waals surface area contributed by atoms with E-state index in [4.69, 9.17) is 0 Å². The van der Waals surface area contributed by atoms with Crippen molar-refractivity contribution in [3.8, 4) is 10.7 Å². The van der Waals surface area contributed by atoms with Gasteiger partial charge in [0.25, 0.3) is 0 Å². The second-order valence-electron chi connectivity index (χ2n) is 5.49. The van der Waals surface area contributed by atoms with Gasteiger partial charge in [0, 0.05) is 26.0 Å². The minimum Gasteiger partial charge on any atom is -0.348 e. The highest BCUT2D eigenvalue weighted by atomic mass is 32.2. The summed E-state index contributed by atoms with van der Waals surface area (Å²) < 4.78 is 22.7. The van der Waals surface area contributed by atoms with Crippen LogP contribution in [0.5, 0.6) is 0 Å². The second kappa shape index (κ2) is 5.69. The largest absolute Gasteiger partial charge is 0.348 e. The van der Waals surface area contributed by atoms with Crippen molar-refractivity contribution in [2.24, 2.45) is 0 Å². The molecule has 0 saturated heterocycles. The molecule has 0 N–H and O–H groups in total. The van der Waals surface area contributed by atoms with Crippen molar-refractivity contribution >= 4 is 26.3 Å². The first-order valence-corrected chi connectivity index (χ1v) is 9.07. The van der Waals surface area contributed by atoms with Crippen LogP contribution in [0.25, 0.3) is 10.7 Å². The molecule has 0 bridgehead atoms. The molecule has 0 amide bonds. The van der Waals surface area contributed by atoms with Gasteiger partial charge in [-0.3, -0.25) is 4.98 Å². The number of nitrogens with zero attached hydrogens (tertiary/aromatic N) is 4. The fraction of sp³-hybridized carbons (Fsp3) is 0.462. The minimum absolute atomic E-state index is 0.350. The highest BCUT2D eigenvalue weighted by Crippen LogP contribution is 2.28. The van der Waals surface area contributed by atoms with Crippen LogP contribution >= 0.6 is 11.3 Å². The summed E-state index contributed by atoms with van der Waals surface area (Å²) in [5.74, 6) is 0. The zero-order valence-electron chi connectivity index (χ0n) is 12.4. The lowest BCUT2D eigenvalue weighted by Crippen LogP contribution is -2.42. The van der Waals surface area contributed by atoms with E-state index in [1.54, 1.807) is 20.0 Å². The summed E-state index contributed by atoms with van der Waals surface area (Å²) in [4.78, 5) is 6.04. The van der Waals surface area contributed by atoms with Gasteiger partial charge in [-0.05, 0) is 26.0 Å². The zero-order valence-corrected chi connectivity index (χ0v) is 14.1. The molecule has 0 atom stereocenters. The summed E-state index contributed by atoms with van der Waals surface area (Å²) in [5, 5.41) is 9.62. The van der Waals surface area contributed by atoms with Crippen LogP contribution in [-0.2, 0) is 9.84 Å². The van der Waals surface area contributed by atoms with Gasteiger partial charge in [-0.15, -0.1) is 10.2 Å². The first-order valence-electron chi connectivity index (χ1n) is 6.36. The van der Waals surface area contributed by atoms with Gasteiger partial charge in [0.1, 0.15) is 5.69 Å². The van der Waals surface area contributed by atoms with E-state index in [0.717, 1.165) is 10.7 Å². The molecule has 0 saturated carbocycles. The third-order valence-corrected chi connectivity index (χ3v) is 6.44. The van der Waals surface area contributed by atoms with Crippen LogP contribution in [0.1, 0.15) is 13.8 Å². The monoisotopic (exact) mass is 326 g/mol. The Hall–Kier alpha value is -1.54. The number of rotatable bonds is 5. The SMILES string of the molecule is CN(CC(C)(C)S(C)(=O)=O)c1nnc(-c2ccccn2)s1. The molecule has 6 nitrogen and oxygen atoms in total. The molecular weight excluding hydrogens is 308 g/mol. The quantitative estimate of drug-likeness (QED) is 0.835. The molecule has 0 radical (unpaired) electrons. The van der Waals surface area contributed by atoms with Crippen molar-refractivity contribution in [3.63, 3.8) is 0 Å². The summed E-state index contributed by atoms with van der Waals surface area (Å²) in [6.07, 6.45) is 2.95. The number of aromatic nitrogens is 3. The van der Waals surface area contributed by atoms with E-state index in [1.807, 2.05) is 30.1 Å². The molecule has 0 spiro atoms. The Morgan fingerprint density at radius 1 is 1.29 bits per heavy atom. The predicted molar refractivity (Wildman–Crippen MR) is 85.3 cm³/mol. The van der Waals surface area contributed by atoms with Crippen molar-refractivity contribution in [2.45, 2.75) is 18.6 Å². The van der Waals surface area contributed by atoms with E-state index >= 15 is 0 Å². The fourth-order valence-corrected chi connectivity index (χ4v) is 2.93. The highest BCUT2D eigenvalue weighted by molar-refractivity contribution is 7.92. The molecule has 0 aromatic carbocycles. The number of sulfone groups is 1. The van der Waals surface area contributed by atoms with E-state index in [9.17, 15) is 8.42 Å². The lowest BCUT2D eigenvalue weighted by molar-refractivity contribution is 0.550. The van der Waals surface area contributed by atoms with Crippen LogP contribution < -0.4 is 4.90 Å². The van der Waals surface area contributed by atoms with E-state index < -0.39 is 14.6 Å². The van der Waals surface area contributed by atoms with Crippen molar-refractivity contribution in [2.75, 3.05) is 24.7 Å². The van der Waals surface area contributed by atoms with Crippen LogP contribution in [0.2, 0.25) is 0 Å². The molecule has 0 fully saturated rings. The van der Waals surface area contributed by atoms with Crippen molar-refractivity contribution < 1.29 is 8.42 Å². The van der Waals surface area contributed by atoms with Gasteiger partial charge in [-0.2, -0.15) is 0 Å². The third-order valence-electron chi connectivity index (χ3n) is 3.25. The summed E-state index contributed by atoms with van der Waals surface area (Å²) in [5.41, 5.74) is 0.761. The summed E-state index contributed by atoms with van der Waals surface area (Å²) in [6, 6.07) is 5.59. The van der Waals surface area contributed by atoms with Crippen molar-refractivity contribution in [1.29, 1.82) is 0 Å². The Morgan fingerprint density at radius 3 is 2.57 bits per heavy atom. The maximum atomic E-state index is 11.8. The third kappa shape index (κ3) is 3.56. The molecule has 2 aromatic rings. The van der Waals surface area contributed by atoms with Gasteiger partial charge in [-0.25, -0.2) is 8.42 Å². The lowest BCUT2D eigenvalue weighted by Gasteiger charge is -2.28. The summed E-state index contributed by atoms with van der Waals surface area (Å²) in [6.45, 7) is 3.77. The van der Waals surface area contributed by atoms with Gasteiger partial charge in [-0.1, -0.05) is 17.4 Å². The molecule has 0 unspecified atom stereocenters. The second-order valence-corrected chi connectivity index (χ2v) is 9.10. The molecule has 0 aliphatic rings. The minimum atomic E-state index is -3.15. The van der Waals surface area contributed by atoms with Gasteiger partial charge in [0.2, 0.25) is 5.13 Å². The Bertz CT molecular complexity index is 711. The van der Waals surface area contributed by atoms with E-state index in [0.29, 0.717) is 11.7 Å². The van der Waals surface area contributed by atoms with Crippen molar-refractivity contribution in [1.82, 2.24) is 15.2 Å². The molecule has 2 rings (SSSR count). The van der Waals surface area contributed by atoms with Gasteiger partial charge in [0.05, 0.1) is 4.75 Å². The van der Waals surface area contributed by atoms with Crippen LogP contribution in [0.15, 0.2) is 24.4 Å². The van der Waals surface area contributed by atoms with Crippen LogP contribution in [0, 0.1) is 0 Å². The Kier molecular flexibility index (Phi) is 4.29. The van der Waals surface area contributed by atoms with Gasteiger partial charge < -0.3 is 4.90 Å². The smallest absolute Gasteiger partial charge is 0.208 e. The zero-order chi connectivity index (χ0) is 15.7. The molecule has 2 aromatic heterocycles. The number of hydrogen-bond acceptors (Lipinski definition) is 7. The van der Waals surface area contributed by atoms with Gasteiger partial charge >= 0.3 is 0 Å². The molecular formula is C13H18N4O2S2. The Labute approximate surface area is 128 Å². The average molecular weight is 326 g/mol. The molecule has 21 heavy (non-hydrogen) atoms. The Balaban J connectivity index is 2.19. The summed E-state index contributed by atoms with van der Waals surface area (Å²) >= 11 is 1.39. The number of hydrogen-bond donors (Lipinski definition) is 0.